The zero-order valence-electron chi connectivity index (χ0n) is 10.9. The Hall–Kier alpha value is -1.94. The summed E-state index contributed by atoms with van der Waals surface area (Å²) >= 11 is 1.66. The van der Waals surface area contributed by atoms with Gasteiger partial charge in [-0.25, -0.2) is 0 Å². The maximum absolute atomic E-state index is 11.1. The van der Waals surface area contributed by atoms with E-state index in [1.165, 1.54) is 17.4 Å². The van der Waals surface area contributed by atoms with E-state index in [2.05, 4.69) is 24.4 Å². The highest BCUT2D eigenvalue weighted by molar-refractivity contribution is 7.99. The molecule has 2 aromatic carbocycles. The summed E-state index contributed by atoms with van der Waals surface area (Å²) in [5, 5.41) is 2.74. The second kappa shape index (κ2) is 5.80. The first-order chi connectivity index (χ1) is 9.06. The van der Waals surface area contributed by atoms with Crippen LogP contribution in [0.5, 0.6) is 0 Å². The second-order valence-electron chi connectivity index (χ2n) is 4.30. The summed E-state index contributed by atoms with van der Waals surface area (Å²) in [4.78, 5) is 13.4. The van der Waals surface area contributed by atoms with Crippen molar-refractivity contribution in [3.63, 3.8) is 0 Å². The molecule has 2 rings (SSSR count). The van der Waals surface area contributed by atoms with Crippen molar-refractivity contribution in [2.24, 2.45) is 0 Å². The van der Waals surface area contributed by atoms with Crippen LogP contribution in [0.15, 0.2) is 52.3 Å². The predicted octanol–water partition coefficient (Wildman–Crippen LogP) is 3.69. The molecule has 0 heterocycles. The van der Waals surface area contributed by atoms with Gasteiger partial charge in [0.05, 0.1) is 11.4 Å². The summed E-state index contributed by atoms with van der Waals surface area (Å²) in [6.45, 7) is 3.55. The molecule has 1 amide bonds. The van der Waals surface area contributed by atoms with Crippen LogP contribution in [0.25, 0.3) is 0 Å². The van der Waals surface area contributed by atoms with Crippen molar-refractivity contribution in [1.29, 1.82) is 0 Å². The lowest BCUT2D eigenvalue weighted by molar-refractivity contribution is -0.114. The number of nitrogens with one attached hydrogen (secondary N) is 1. The van der Waals surface area contributed by atoms with Crippen molar-refractivity contribution in [3.8, 4) is 0 Å². The smallest absolute Gasteiger partial charge is 0.221 e. The number of nitrogen functional groups attached to an aromatic ring is 1. The van der Waals surface area contributed by atoms with E-state index in [1.54, 1.807) is 11.8 Å². The van der Waals surface area contributed by atoms with Gasteiger partial charge >= 0.3 is 0 Å². The van der Waals surface area contributed by atoms with Crippen molar-refractivity contribution in [2.45, 2.75) is 23.6 Å². The monoisotopic (exact) mass is 272 g/mol. The molecule has 4 heteroatoms. The maximum Gasteiger partial charge on any atom is 0.221 e. The molecule has 0 atom stereocenters. The van der Waals surface area contributed by atoms with Gasteiger partial charge in [-0.15, -0.1) is 0 Å². The zero-order chi connectivity index (χ0) is 13.8. The molecule has 0 aliphatic rings. The quantitative estimate of drug-likeness (QED) is 0.838. The maximum atomic E-state index is 11.1. The summed E-state index contributed by atoms with van der Waals surface area (Å²) in [5.74, 6) is -0.121. The van der Waals surface area contributed by atoms with Crippen LogP contribution in [-0.4, -0.2) is 5.91 Å². The standard InChI is InChI=1S/C15H16N2OS/c1-10-5-3-4-6-15(10)19-12-7-8-13(16)14(9-12)17-11(2)18/h3-9H,16H2,1-2H3,(H,17,18). The first-order valence-corrected chi connectivity index (χ1v) is 6.78. The second-order valence-corrected chi connectivity index (χ2v) is 5.41. The molecule has 19 heavy (non-hydrogen) atoms. The van der Waals surface area contributed by atoms with Crippen molar-refractivity contribution in [2.75, 3.05) is 11.1 Å². The van der Waals surface area contributed by atoms with Crippen molar-refractivity contribution in [3.05, 3.63) is 48.0 Å². The highest BCUT2D eigenvalue weighted by Gasteiger charge is 2.05. The molecule has 0 saturated heterocycles. The van der Waals surface area contributed by atoms with Gasteiger partial charge in [0.15, 0.2) is 0 Å². The Balaban J connectivity index is 2.26. The number of amides is 1. The van der Waals surface area contributed by atoms with Crippen LogP contribution in [0.1, 0.15) is 12.5 Å². The Morgan fingerprint density at radius 3 is 2.63 bits per heavy atom. The van der Waals surface area contributed by atoms with Crippen LogP contribution in [0.4, 0.5) is 11.4 Å². The van der Waals surface area contributed by atoms with Gasteiger partial charge in [0.1, 0.15) is 0 Å². The minimum absolute atomic E-state index is 0.121. The average molecular weight is 272 g/mol. The minimum atomic E-state index is -0.121. The highest BCUT2D eigenvalue weighted by atomic mass is 32.2. The first-order valence-electron chi connectivity index (χ1n) is 5.97. The van der Waals surface area contributed by atoms with Crippen molar-refractivity contribution in [1.82, 2.24) is 0 Å². The first kappa shape index (κ1) is 13.5. The zero-order valence-corrected chi connectivity index (χ0v) is 11.8. The van der Waals surface area contributed by atoms with E-state index in [0.717, 1.165) is 4.90 Å². The third-order valence-electron chi connectivity index (χ3n) is 2.66. The third kappa shape index (κ3) is 3.51. The fourth-order valence-corrected chi connectivity index (χ4v) is 2.64. The molecule has 0 aliphatic heterocycles. The average Bonchev–Trinajstić information content (AvgIpc) is 2.35. The lowest BCUT2D eigenvalue weighted by atomic mass is 10.2. The number of hydrogen-bond acceptors (Lipinski definition) is 3. The molecule has 0 saturated carbocycles. The summed E-state index contributed by atoms with van der Waals surface area (Å²) in [6.07, 6.45) is 0. The van der Waals surface area contributed by atoms with E-state index < -0.39 is 0 Å². The minimum Gasteiger partial charge on any atom is -0.397 e. The normalized spacial score (nSPS) is 10.2. The van der Waals surface area contributed by atoms with E-state index in [-0.39, 0.29) is 5.91 Å². The summed E-state index contributed by atoms with van der Waals surface area (Å²) in [6, 6.07) is 13.9. The van der Waals surface area contributed by atoms with Gasteiger partial charge < -0.3 is 11.1 Å². The van der Waals surface area contributed by atoms with E-state index in [1.807, 2.05) is 30.3 Å². The Bertz CT molecular complexity index is 611. The van der Waals surface area contributed by atoms with Crippen LogP contribution >= 0.6 is 11.8 Å². The van der Waals surface area contributed by atoms with Crippen LogP contribution in [0, 0.1) is 6.92 Å². The Morgan fingerprint density at radius 2 is 1.95 bits per heavy atom. The number of nitrogens with two attached hydrogens (primary N) is 1. The van der Waals surface area contributed by atoms with Crippen LogP contribution < -0.4 is 11.1 Å². The molecule has 2 aromatic rings. The summed E-state index contributed by atoms with van der Waals surface area (Å²) < 4.78 is 0. The van der Waals surface area contributed by atoms with Gasteiger partial charge in [0.25, 0.3) is 0 Å². The lowest BCUT2D eigenvalue weighted by Gasteiger charge is -2.10. The summed E-state index contributed by atoms with van der Waals surface area (Å²) in [7, 11) is 0. The molecule has 0 fully saturated rings. The molecule has 3 nitrogen and oxygen atoms in total. The molecule has 3 N–H and O–H groups in total. The van der Waals surface area contributed by atoms with Gasteiger partial charge in [0.2, 0.25) is 5.91 Å². The van der Waals surface area contributed by atoms with E-state index in [0.29, 0.717) is 11.4 Å². The number of aryl methyl sites for hydroxylation is 1. The van der Waals surface area contributed by atoms with Crippen LogP contribution in [0.3, 0.4) is 0 Å². The molecular formula is C15H16N2OS. The topological polar surface area (TPSA) is 55.1 Å². The Kier molecular flexibility index (Phi) is 4.12. The largest absolute Gasteiger partial charge is 0.397 e. The third-order valence-corrected chi connectivity index (χ3v) is 3.82. The van der Waals surface area contributed by atoms with E-state index >= 15 is 0 Å². The fourth-order valence-electron chi connectivity index (χ4n) is 1.69. The molecule has 0 bridgehead atoms. The SMILES string of the molecule is CC(=O)Nc1cc(Sc2ccccc2C)ccc1N. The summed E-state index contributed by atoms with van der Waals surface area (Å²) in [5.41, 5.74) is 8.30. The lowest BCUT2D eigenvalue weighted by Crippen LogP contribution is -2.07. The Morgan fingerprint density at radius 1 is 1.21 bits per heavy atom. The van der Waals surface area contributed by atoms with Gasteiger partial charge in [-0.1, -0.05) is 30.0 Å². The molecule has 0 aliphatic carbocycles. The molecule has 98 valence electrons. The molecular weight excluding hydrogens is 256 g/mol. The Labute approximate surface area is 117 Å². The van der Waals surface area contributed by atoms with E-state index in [4.69, 9.17) is 5.73 Å². The molecule has 0 aromatic heterocycles. The van der Waals surface area contributed by atoms with Crippen LogP contribution in [0.2, 0.25) is 0 Å². The molecule has 0 unspecified atom stereocenters. The van der Waals surface area contributed by atoms with Gasteiger partial charge in [-0.3, -0.25) is 4.79 Å². The van der Waals surface area contributed by atoms with Gasteiger partial charge in [-0.05, 0) is 36.8 Å². The van der Waals surface area contributed by atoms with E-state index in [9.17, 15) is 4.79 Å². The number of benzene rings is 2. The predicted molar refractivity (Wildman–Crippen MR) is 80.5 cm³/mol. The number of anilines is 2. The molecule has 0 spiro atoms. The number of carbonyl (C=O) groups is 1. The van der Waals surface area contributed by atoms with Gasteiger partial charge in [-0.2, -0.15) is 0 Å². The number of carbonyl (C=O) groups excluding carboxylic acids is 1. The van der Waals surface area contributed by atoms with Crippen molar-refractivity contribution < 1.29 is 4.79 Å². The van der Waals surface area contributed by atoms with Gasteiger partial charge in [0, 0.05) is 16.7 Å². The number of hydrogen-bond donors (Lipinski definition) is 2. The number of rotatable bonds is 3. The molecule has 0 radical (unpaired) electrons. The highest BCUT2D eigenvalue weighted by Crippen LogP contribution is 2.33. The van der Waals surface area contributed by atoms with Crippen molar-refractivity contribution >= 4 is 29.0 Å². The fraction of sp³-hybridized carbons (Fsp3) is 0.133. The van der Waals surface area contributed by atoms with Crippen LogP contribution in [-0.2, 0) is 4.79 Å².